The van der Waals surface area contributed by atoms with Gasteiger partial charge < -0.3 is 10.3 Å². The van der Waals surface area contributed by atoms with Gasteiger partial charge in [0.25, 0.3) is 5.56 Å². The first kappa shape index (κ1) is 16.8. The fourth-order valence-corrected chi connectivity index (χ4v) is 3.54. The second kappa shape index (κ2) is 6.95. The van der Waals surface area contributed by atoms with Crippen LogP contribution in [-0.2, 0) is 4.79 Å². The van der Waals surface area contributed by atoms with Crippen molar-refractivity contribution in [2.75, 3.05) is 5.75 Å². The molecule has 1 fully saturated rings. The first-order chi connectivity index (χ1) is 12.6. The van der Waals surface area contributed by atoms with Gasteiger partial charge in [-0.1, -0.05) is 30.0 Å². The number of nitrogens with zero attached hydrogens (tertiary/aromatic N) is 3. The van der Waals surface area contributed by atoms with Crippen LogP contribution in [0.1, 0.15) is 19.8 Å². The lowest BCUT2D eigenvalue weighted by atomic mass is 10.2. The zero-order valence-electron chi connectivity index (χ0n) is 14.3. The number of aromatic nitrogens is 4. The number of nitrogens with one attached hydrogen (secondary N) is 2. The molecule has 1 unspecified atom stereocenters. The lowest BCUT2D eigenvalue weighted by Gasteiger charge is -2.12. The van der Waals surface area contributed by atoms with Crippen LogP contribution in [0.15, 0.2) is 46.5 Å². The minimum Gasteiger partial charge on any atom is -0.353 e. The lowest BCUT2D eigenvalue weighted by Crippen LogP contribution is -2.35. The third-order valence-corrected chi connectivity index (χ3v) is 5.35. The highest BCUT2D eigenvalue weighted by Gasteiger charge is 2.28. The number of thioether (sulfide) groups is 1. The maximum atomic E-state index is 12.3. The van der Waals surface area contributed by atoms with E-state index in [-0.39, 0.29) is 23.3 Å². The number of para-hydroxylation sites is 1. The second-order valence-electron chi connectivity index (χ2n) is 6.48. The molecule has 2 aromatic heterocycles. The van der Waals surface area contributed by atoms with E-state index in [4.69, 9.17) is 0 Å². The molecule has 134 valence electrons. The number of amides is 1. The zero-order chi connectivity index (χ0) is 18.1. The van der Waals surface area contributed by atoms with E-state index >= 15 is 0 Å². The summed E-state index contributed by atoms with van der Waals surface area (Å²) in [4.78, 5) is 31.6. The Kier molecular flexibility index (Phi) is 4.50. The van der Waals surface area contributed by atoms with Crippen LogP contribution in [0.25, 0.3) is 16.7 Å². The van der Waals surface area contributed by atoms with Crippen molar-refractivity contribution in [1.82, 2.24) is 25.1 Å². The molecule has 0 spiro atoms. The highest BCUT2D eigenvalue weighted by atomic mass is 32.2. The van der Waals surface area contributed by atoms with Crippen molar-refractivity contribution in [2.45, 2.75) is 31.0 Å². The minimum absolute atomic E-state index is 0.0475. The Bertz CT molecular complexity index is 994. The van der Waals surface area contributed by atoms with Crippen LogP contribution in [-0.4, -0.2) is 37.5 Å². The van der Waals surface area contributed by atoms with Crippen LogP contribution in [0.4, 0.5) is 0 Å². The van der Waals surface area contributed by atoms with Crippen molar-refractivity contribution in [3.63, 3.8) is 0 Å². The van der Waals surface area contributed by atoms with E-state index < -0.39 is 0 Å². The number of rotatable bonds is 6. The number of carbonyl (C=O) groups is 1. The Morgan fingerprint density at radius 2 is 2.15 bits per heavy atom. The third-order valence-electron chi connectivity index (χ3n) is 4.47. The number of fused-ring (bicyclic) bond motifs is 1. The molecule has 1 aromatic carbocycles. The summed E-state index contributed by atoms with van der Waals surface area (Å²) in [6, 6.07) is 9.72. The molecule has 0 bridgehead atoms. The predicted octanol–water partition coefficient (Wildman–Crippen LogP) is 2.12. The van der Waals surface area contributed by atoms with Crippen LogP contribution >= 0.6 is 11.8 Å². The zero-order valence-corrected chi connectivity index (χ0v) is 15.1. The summed E-state index contributed by atoms with van der Waals surface area (Å²) in [7, 11) is 0. The van der Waals surface area contributed by atoms with E-state index in [2.05, 4.69) is 20.4 Å². The molecule has 1 aliphatic carbocycles. The van der Waals surface area contributed by atoms with Gasteiger partial charge in [0.2, 0.25) is 5.91 Å². The van der Waals surface area contributed by atoms with Gasteiger partial charge in [-0.05, 0) is 37.8 Å². The highest BCUT2D eigenvalue weighted by Crippen LogP contribution is 2.32. The molecule has 26 heavy (non-hydrogen) atoms. The van der Waals surface area contributed by atoms with Gasteiger partial charge in [-0.25, -0.2) is 9.67 Å². The number of benzene rings is 1. The Morgan fingerprint density at radius 1 is 1.38 bits per heavy atom. The second-order valence-corrected chi connectivity index (χ2v) is 7.45. The van der Waals surface area contributed by atoms with Crippen molar-refractivity contribution < 1.29 is 4.79 Å². The topological polar surface area (TPSA) is 92.7 Å². The van der Waals surface area contributed by atoms with Crippen molar-refractivity contribution in [3.8, 4) is 5.69 Å². The summed E-state index contributed by atoms with van der Waals surface area (Å²) in [5.41, 5.74) is 1.05. The summed E-state index contributed by atoms with van der Waals surface area (Å²) in [6.07, 6.45) is 3.87. The van der Waals surface area contributed by atoms with Gasteiger partial charge in [-0.2, -0.15) is 5.10 Å². The molecule has 0 aliphatic heterocycles. The Hall–Kier alpha value is -2.61. The average Bonchev–Trinajstić information content (AvgIpc) is 3.40. The van der Waals surface area contributed by atoms with Crippen LogP contribution in [0.2, 0.25) is 0 Å². The molecule has 3 aromatic rings. The molecule has 0 radical (unpaired) electrons. The Balaban J connectivity index is 1.54. The predicted molar refractivity (Wildman–Crippen MR) is 101 cm³/mol. The largest absolute Gasteiger partial charge is 0.353 e. The fraction of sp³-hybridized carbons (Fsp3) is 0.333. The summed E-state index contributed by atoms with van der Waals surface area (Å²) < 4.78 is 1.63. The van der Waals surface area contributed by atoms with Crippen LogP contribution in [0.5, 0.6) is 0 Å². The minimum atomic E-state index is -0.258. The monoisotopic (exact) mass is 369 g/mol. The molecule has 4 rings (SSSR count). The molecule has 8 heteroatoms. The lowest BCUT2D eigenvalue weighted by molar-refractivity contribution is -0.119. The molecule has 1 amide bonds. The maximum Gasteiger partial charge on any atom is 0.262 e. The standard InChI is InChI=1S/C18H19N5O2S/c1-11(12-7-8-12)20-15(24)10-26-18-21-16-14(17(25)22-18)9-19-23(16)13-5-3-2-4-6-13/h2-6,9,11-12H,7-8,10H2,1H3,(H,20,24)(H,21,22,25). The highest BCUT2D eigenvalue weighted by molar-refractivity contribution is 7.99. The summed E-state index contributed by atoms with van der Waals surface area (Å²) in [5, 5.41) is 8.11. The average molecular weight is 369 g/mol. The molecule has 2 N–H and O–H groups in total. The number of carbonyl (C=O) groups excluding carboxylic acids is 1. The van der Waals surface area contributed by atoms with E-state index in [9.17, 15) is 9.59 Å². The summed E-state index contributed by atoms with van der Waals surface area (Å²) >= 11 is 1.22. The molecule has 7 nitrogen and oxygen atoms in total. The number of hydrogen-bond donors (Lipinski definition) is 2. The van der Waals surface area contributed by atoms with Gasteiger partial charge in [-0.15, -0.1) is 0 Å². The van der Waals surface area contributed by atoms with Gasteiger partial charge in [0.1, 0.15) is 5.39 Å². The van der Waals surface area contributed by atoms with Crippen molar-refractivity contribution in [2.24, 2.45) is 5.92 Å². The first-order valence-electron chi connectivity index (χ1n) is 8.57. The summed E-state index contributed by atoms with van der Waals surface area (Å²) in [5.74, 6) is 0.775. The smallest absolute Gasteiger partial charge is 0.262 e. The molecule has 1 saturated carbocycles. The van der Waals surface area contributed by atoms with E-state index in [1.165, 1.54) is 30.8 Å². The number of H-pyrrole nitrogens is 1. The van der Waals surface area contributed by atoms with Crippen LogP contribution < -0.4 is 10.9 Å². The molecular formula is C18H19N5O2S. The molecule has 1 aliphatic rings. The van der Waals surface area contributed by atoms with Gasteiger partial charge >= 0.3 is 0 Å². The molecular weight excluding hydrogens is 350 g/mol. The Labute approximate surface area is 154 Å². The van der Waals surface area contributed by atoms with Gasteiger partial charge in [0.15, 0.2) is 10.8 Å². The summed E-state index contributed by atoms with van der Waals surface area (Å²) in [6.45, 7) is 2.03. The Morgan fingerprint density at radius 3 is 2.88 bits per heavy atom. The third kappa shape index (κ3) is 3.50. The first-order valence-corrected chi connectivity index (χ1v) is 9.56. The van der Waals surface area contributed by atoms with Gasteiger partial charge in [0.05, 0.1) is 17.6 Å². The van der Waals surface area contributed by atoms with E-state index in [1.54, 1.807) is 4.68 Å². The van der Waals surface area contributed by atoms with Crippen LogP contribution in [0, 0.1) is 5.92 Å². The molecule has 2 heterocycles. The fourth-order valence-electron chi connectivity index (χ4n) is 2.87. The van der Waals surface area contributed by atoms with Gasteiger partial charge in [-0.3, -0.25) is 9.59 Å². The SMILES string of the molecule is CC(NC(=O)CSc1nc2c(cnn2-c2ccccc2)c(=O)[nH]1)C1CC1. The normalized spacial score (nSPS) is 15.1. The van der Waals surface area contributed by atoms with Crippen molar-refractivity contribution >= 4 is 28.7 Å². The van der Waals surface area contributed by atoms with E-state index in [1.807, 2.05) is 37.3 Å². The van der Waals surface area contributed by atoms with E-state index in [0.29, 0.717) is 22.1 Å². The quantitative estimate of drug-likeness (QED) is 0.513. The molecule has 0 saturated heterocycles. The molecule has 1 atom stereocenters. The van der Waals surface area contributed by atoms with Crippen molar-refractivity contribution in [1.29, 1.82) is 0 Å². The maximum absolute atomic E-state index is 12.3. The number of aromatic amines is 1. The van der Waals surface area contributed by atoms with Crippen molar-refractivity contribution in [3.05, 3.63) is 46.9 Å². The van der Waals surface area contributed by atoms with Gasteiger partial charge in [0, 0.05) is 6.04 Å². The van der Waals surface area contributed by atoms with E-state index in [0.717, 1.165) is 5.69 Å². The number of hydrogen-bond acceptors (Lipinski definition) is 5. The van der Waals surface area contributed by atoms with Crippen LogP contribution in [0.3, 0.4) is 0 Å².